The van der Waals surface area contributed by atoms with Crippen molar-refractivity contribution in [1.82, 2.24) is 4.90 Å². The number of hydrogen-bond donors (Lipinski definition) is 2. The van der Waals surface area contributed by atoms with Crippen LogP contribution >= 0.6 is 0 Å². The van der Waals surface area contributed by atoms with Crippen LogP contribution in [0.3, 0.4) is 0 Å². The van der Waals surface area contributed by atoms with E-state index in [1.165, 1.54) is 0 Å². The summed E-state index contributed by atoms with van der Waals surface area (Å²) in [5, 5.41) is 18.6. The quantitative estimate of drug-likeness (QED) is 0.767. The number of rotatable bonds is 4. The molecule has 17 heavy (non-hydrogen) atoms. The highest BCUT2D eigenvalue weighted by Crippen LogP contribution is 2.24. The Kier molecular flexibility index (Phi) is 4.51. The van der Waals surface area contributed by atoms with Crippen LogP contribution in [0.1, 0.15) is 39.5 Å². The molecule has 0 radical (unpaired) electrons. The molecule has 1 unspecified atom stereocenters. The smallest absolute Gasteiger partial charge is 0.335 e. The van der Waals surface area contributed by atoms with Gasteiger partial charge in [-0.25, -0.2) is 4.79 Å². The Hall–Kier alpha value is -1.10. The molecule has 5 nitrogen and oxygen atoms in total. The summed E-state index contributed by atoms with van der Waals surface area (Å²) in [5.74, 6) is -1.14. The van der Waals surface area contributed by atoms with Crippen LogP contribution in [-0.2, 0) is 9.59 Å². The van der Waals surface area contributed by atoms with Crippen LogP contribution in [-0.4, -0.2) is 45.7 Å². The topological polar surface area (TPSA) is 77.8 Å². The van der Waals surface area contributed by atoms with E-state index in [0.29, 0.717) is 13.1 Å². The minimum atomic E-state index is -1.65. The second kappa shape index (κ2) is 5.49. The van der Waals surface area contributed by atoms with Gasteiger partial charge < -0.3 is 15.1 Å². The summed E-state index contributed by atoms with van der Waals surface area (Å²) < 4.78 is 0. The molecular formula is C12H21NO4. The highest BCUT2D eigenvalue weighted by atomic mass is 16.4. The predicted molar refractivity (Wildman–Crippen MR) is 62.5 cm³/mol. The van der Waals surface area contributed by atoms with Gasteiger partial charge in [0.2, 0.25) is 5.91 Å². The Balaban J connectivity index is 2.52. The third kappa shape index (κ3) is 3.19. The molecule has 0 saturated carbocycles. The van der Waals surface area contributed by atoms with Crippen LogP contribution in [0.2, 0.25) is 0 Å². The molecule has 1 aliphatic rings. The van der Waals surface area contributed by atoms with Gasteiger partial charge in [-0.15, -0.1) is 0 Å². The van der Waals surface area contributed by atoms with Gasteiger partial charge in [0.05, 0.1) is 0 Å². The van der Waals surface area contributed by atoms with E-state index in [4.69, 9.17) is 5.11 Å². The molecule has 0 aliphatic carbocycles. The Morgan fingerprint density at radius 3 is 2.29 bits per heavy atom. The van der Waals surface area contributed by atoms with E-state index < -0.39 is 11.6 Å². The zero-order valence-electron chi connectivity index (χ0n) is 10.5. The van der Waals surface area contributed by atoms with Crippen LogP contribution in [0.5, 0.6) is 0 Å². The fraction of sp³-hybridized carbons (Fsp3) is 0.833. The number of piperidine rings is 1. The minimum Gasteiger partial charge on any atom is -0.479 e. The van der Waals surface area contributed by atoms with Gasteiger partial charge in [-0.05, 0) is 6.42 Å². The molecule has 0 aromatic heterocycles. The van der Waals surface area contributed by atoms with E-state index in [9.17, 15) is 14.7 Å². The summed E-state index contributed by atoms with van der Waals surface area (Å²) in [6.07, 6.45) is 2.04. The van der Waals surface area contributed by atoms with Crippen LogP contribution < -0.4 is 0 Å². The molecule has 1 rings (SSSR count). The fourth-order valence-corrected chi connectivity index (χ4v) is 2.18. The predicted octanol–water partition coefficient (Wildman–Crippen LogP) is 0.861. The first-order chi connectivity index (χ1) is 7.90. The molecule has 1 fully saturated rings. The summed E-state index contributed by atoms with van der Waals surface area (Å²) in [5.41, 5.74) is -1.65. The van der Waals surface area contributed by atoms with Crippen molar-refractivity contribution >= 4 is 11.9 Å². The molecule has 0 spiro atoms. The van der Waals surface area contributed by atoms with Crippen LogP contribution in [0.4, 0.5) is 0 Å². The molecule has 98 valence electrons. The van der Waals surface area contributed by atoms with E-state index in [-0.39, 0.29) is 24.7 Å². The molecule has 1 atom stereocenters. The van der Waals surface area contributed by atoms with Gasteiger partial charge in [-0.1, -0.05) is 20.3 Å². The molecule has 0 aromatic carbocycles. The van der Waals surface area contributed by atoms with Gasteiger partial charge in [-0.3, -0.25) is 4.79 Å². The molecule has 1 aliphatic heterocycles. The molecule has 2 N–H and O–H groups in total. The molecule has 1 amide bonds. The summed E-state index contributed by atoms with van der Waals surface area (Å²) >= 11 is 0. The number of carbonyl (C=O) groups is 2. The third-order valence-electron chi connectivity index (χ3n) is 3.44. The summed E-state index contributed by atoms with van der Waals surface area (Å²) in [6, 6.07) is 0. The number of aliphatic hydroxyl groups is 1. The van der Waals surface area contributed by atoms with Crippen LogP contribution in [0.15, 0.2) is 0 Å². The monoisotopic (exact) mass is 243 g/mol. The number of nitrogens with zero attached hydrogens (tertiary/aromatic N) is 1. The molecule has 1 saturated heterocycles. The van der Waals surface area contributed by atoms with E-state index >= 15 is 0 Å². The maximum atomic E-state index is 12.0. The van der Waals surface area contributed by atoms with Crippen molar-refractivity contribution in [2.75, 3.05) is 13.1 Å². The second-order valence-corrected chi connectivity index (χ2v) is 4.85. The maximum Gasteiger partial charge on any atom is 0.335 e. The van der Waals surface area contributed by atoms with Crippen LogP contribution in [0, 0.1) is 5.92 Å². The van der Waals surface area contributed by atoms with Crippen molar-refractivity contribution in [3.63, 3.8) is 0 Å². The third-order valence-corrected chi connectivity index (χ3v) is 3.44. The van der Waals surface area contributed by atoms with Crippen LogP contribution in [0.25, 0.3) is 0 Å². The zero-order chi connectivity index (χ0) is 13.1. The Labute approximate surface area is 101 Å². The van der Waals surface area contributed by atoms with Gasteiger partial charge in [0.15, 0.2) is 5.60 Å². The number of carbonyl (C=O) groups excluding carboxylic acids is 1. The number of carboxylic acids is 1. The first kappa shape index (κ1) is 14.0. The van der Waals surface area contributed by atoms with Crippen molar-refractivity contribution in [2.24, 2.45) is 5.92 Å². The van der Waals surface area contributed by atoms with Crippen molar-refractivity contribution in [3.05, 3.63) is 0 Å². The van der Waals surface area contributed by atoms with Gasteiger partial charge in [-0.2, -0.15) is 0 Å². The summed E-state index contributed by atoms with van der Waals surface area (Å²) in [7, 11) is 0. The molecule has 0 aromatic rings. The zero-order valence-corrected chi connectivity index (χ0v) is 10.5. The van der Waals surface area contributed by atoms with Crippen molar-refractivity contribution < 1.29 is 19.8 Å². The Morgan fingerprint density at radius 2 is 1.88 bits per heavy atom. The van der Waals surface area contributed by atoms with Gasteiger partial charge >= 0.3 is 5.97 Å². The minimum absolute atomic E-state index is 0.0176. The average Bonchev–Trinajstić information content (AvgIpc) is 2.29. The normalized spacial score (nSPS) is 21.0. The fourth-order valence-electron chi connectivity index (χ4n) is 2.18. The SMILES string of the molecule is CCCC(C)C(=O)N1CCC(O)(C(=O)O)CC1. The lowest BCUT2D eigenvalue weighted by Gasteiger charge is -2.36. The van der Waals surface area contributed by atoms with Crippen molar-refractivity contribution in [2.45, 2.75) is 45.1 Å². The van der Waals surface area contributed by atoms with E-state index in [1.54, 1.807) is 4.90 Å². The maximum absolute atomic E-state index is 12.0. The van der Waals surface area contributed by atoms with Gasteiger partial charge in [0, 0.05) is 31.8 Å². The molecule has 0 bridgehead atoms. The lowest BCUT2D eigenvalue weighted by molar-refractivity contribution is -0.165. The number of carboxylic acid groups (broad SMARTS) is 1. The number of hydrogen-bond acceptors (Lipinski definition) is 3. The highest BCUT2D eigenvalue weighted by Gasteiger charge is 2.40. The Bertz CT molecular complexity index is 295. The molecule has 1 heterocycles. The van der Waals surface area contributed by atoms with E-state index in [1.807, 2.05) is 13.8 Å². The first-order valence-electron chi connectivity index (χ1n) is 6.15. The lowest BCUT2D eigenvalue weighted by atomic mass is 9.90. The van der Waals surface area contributed by atoms with E-state index in [0.717, 1.165) is 12.8 Å². The summed E-state index contributed by atoms with van der Waals surface area (Å²) in [6.45, 7) is 4.58. The second-order valence-electron chi connectivity index (χ2n) is 4.85. The standard InChI is InChI=1S/C12H21NO4/c1-3-4-9(2)10(14)13-7-5-12(17,6-8-13)11(15)16/h9,17H,3-8H2,1-2H3,(H,15,16). The summed E-state index contributed by atoms with van der Waals surface area (Å²) in [4.78, 5) is 24.5. The largest absolute Gasteiger partial charge is 0.479 e. The first-order valence-corrected chi connectivity index (χ1v) is 6.15. The lowest BCUT2D eigenvalue weighted by Crippen LogP contribution is -2.51. The van der Waals surface area contributed by atoms with E-state index in [2.05, 4.69) is 0 Å². The van der Waals surface area contributed by atoms with Crippen molar-refractivity contribution in [1.29, 1.82) is 0 Å². The number of amides is 1. The van der Waals surface area contributed by atoms with Gasteiger partial charge in [0.1, 0.15) is 0 Å². The highest BCUT2D eigenvalue weighted by molar-refractivity contribution is 5.80. The Morgan fingerprint density at radius 1 is 1.35 bits per heavy atom. The molecular weight excluding hydrogens is 222 g/mol. The molecule has 5 heteroatoms. The van der Waals surface area contributed by atoms with Crippen molar-refractivity contribution in [3.8, 4) is 0 Å². The average molecular weight is 243 g/mol. The number of likely N-dealkylation sites (tertiary alicyclic amines) is 1. The van der Waals surface area contributed by atoms with Gasteiger partial charge in [0.25, 0.3) is 0 Å². The number of aliphatic carboxylic acids is 1.